The van der Waals surface area contributed by atoms with Gasteiger partial charge in [-0.1, -0.05) is 23.9 Å². The number of thioether (sulfide) groups is 1. The number of aliphatic hydroxyl groups excluding tert-OH is 1. The fourth-order valence-electron chi connectivity index (χ4n) is 3.91. The number of nitrogens with zero attached hydrogens (tertiary/aromatic N) is 5. The smallest absolute Gasteiger partial charge is 0.264 e. The molecule has 0 aliphatic carbocycles. The molecule has 2 aliphatic rings. The van der Waals surface area contributed by atoms with Crippen LogP contribution in [-0.2, 0) is 0 Å². The molecule has 28 heavy (non-hydrogen) atoms. The lowest BCUT2D eigenvalue weighted by Crippen LogP contribution is -2.50. The van der Waals surface area contributed by atoms with E-state index in [0.717, 1.165) is 37.5 Å². The van der Waals surface area contributed by atoms with Gasteiger partial charge in [0, 0.05) is 32.7 Å². The fourth-order valence-corrected chi connectivity index (χ4v) is 5.21. The van der Waals surface area contributed by atoms with E-state index in [9.17, 15) is 9.90 Å². The van der Waals surface area contributed by atoms with Gasteiger partial charge in [-0.2, -0.15) is 4.68 Å². The molecule has 150 valence electrons. The Hall–Kier alpha value is -1.94. The molecule has 0 bridgehead atoms. The van der Waals surface area contributed by atoms with Crippen LogP contribution in [0.5, 0.6) is 5.75 Å². The standard InChI is InChI=1S/C19H25N5O3S/c1-13-20-19-24(21-13)18(26)17(28-19)16(14-4-3-5-15(12-14)27-2)23-8-6-22(7-9-23)10-11-25/h3-5,12,16-17,25H,6-11H2,1-2H3. The van der Waals surface area contributed by atoms with E-state index in [1.54, 1.807) is 14.0 Å². The first-order valence-corrected chi connectivity index (χ1v) is 10.3. The molecule has 1 N–H and O–H groups in total. The summed E-state index contributed by atoms with van der Waals surface area (Å²) in [6, 6.07) is 7.86. The lowest BCUT2D eigenvalue weighted by atomic mass is 9.99. The maximum absolute atomic E-state index is 13.1. The molecule has 1 aromatic heterocycles. The van der Waals surface area contributed by atoms with Crippen molar-refractivity contribution in [1.29, 1.82) is 0 Å². The van der Waals surface area contributed by atoms with Gasteiger partial charge in [0.15, 0.2) is 5.16 Å². The maximum Gasteiger partial charge on any atom is 0.264 e. The third kappa shape index (κ3) is 3.67. The summed E-state index contributed by atoms with van der Waals surface area (Å²) < 4.78 is 6.86. The first kappa shape index (κ1) is 19.4. The molecule has 0 radical (unpaired) electrons. The quantitative estimate of drug-likeness (QED) is 0.767. The molecular weight excluding hydrogens is 378 g/mol. The predicted molar refractivity (Wildman–Crippen MR) is 106 cm³/mol. The second-order valence-electron chi connectivity index (χ2n) is 7.05. The number of hydrogen-bond donors (Lipinski definition) is 1. The minimum absolute atomic E-state index is 0.0220. The molecule has 9 heteroatoms. The lowest BCUT2D eigenvalue weighted by Gasteiger charge is -2.40. The van der Waals surface area contributed by atoms with Gasteiger partial charge in [-0.25, -0.2) is 4.98 Å². The maximum atomic E-state index is 13.1. The molecule has 2 unspecified atom stereocenters. The number of piperazine rings is 1. The average Bonchev–Trinajstić information content (AvgIpc) is 3.21. The summed E-state index contributed by atoms with van der Waals surface area (Å²) in [6.07, 6.45) is 0. The topological polar surface area (TPSA) is 83.7 Å². The number of carbonyl (C=O) groups excluding carboxylic acids is 1. The van der Waals surface area contributed by atoms with Crippen LogP contribution in [0.15, 0.2) is 29.4 Å². The van der Waals surface area contributed by atoms with Crippen LogP contribution in [0, 0.1) is 6.92 Å². The zero-order chi connectivity index (χ0) is 19.7. The number of aliphatic hydroxyl groups is 1. The second kappa shape index (κ2) is 8.20. The number of aryl methyl sites for hydroxylation is 1. The van der Waals surface area contributed by atoms with Crippen LogP contribution in [0.2, 0.25) is 0 Å². The number of β-amino-alcohol motifs (C(OH)–C–C–N with tert-alkyl or cyclic N) is 1. The largest absolute Gasteiger partial charge is 0.497 e. The fraction of sp³-hybridized carbons (Fsp3) is 0.526. The number of hydrogen-bond acceptors (Lipinski definition) is 8. The number of aromatic nitrogens is 3. The van der Waals surface area contributed by atoms with Crippen LogP contribution < -0.4 is 4.74 Å². The van der Waals surface area contributed by atoms with Gasteiger partial charge in [-0.3, -0.25) is 14.6 Å². The van der Waals surface area contributed by atoms with Gasteiger partial charge in [-0.05, 0) is 24.6 Å². The summed E-state index contributed by atoms with van der Waals surface area (Å²) in [5.74, 6) is 1.37. The molecule has 2 aliphatic heterocycles. The molecule has 1 saturated heterocycles. The minimum atomic E-state index is -0.299. The lowest BCUT2D eigenvalue weighted by molar-refractivity contribution is 0.0688. The van der Waals surface area contributed by atoms with Crippen molar-refractivity contribution in [2.24, 2.45) is 0 Å². The molecule has 1 aromatic carbocycles. The summed E-state index contributed by atoms with van der Waals surface area (Å²) in [4.78, 5) is 22.1. The number of methoxy groups -OCH3 is 1. The molecule has 4 rings (SSSR count). The Balaban J connectivity index is 1.63. The summed E-state index contributed by atoms with van der Waals surface area (Å²) in [5.41, 5.74) is 1.06. The number of fused-ring (bicyclic) bond motifs is 1. The van der Waals surface area contributed by atoms with Gasteiger partial charge in [-0.15, -0.1) is 5.10 Å². The second-order valence-corrected chi connectivity index (χ2v) is 8.16. The van der Waals surface area contributed by atoms with E-state index in [4.69, 9.17) is 4.74 Å². The van der Waals surface area contributed by atoms with Crippen LogP contribution in [-0.4, -0.2) is 87.3 Å². The normalized spacial score (nSPS) is 21.7. The third-order valence-electron chi connectivity index (χ3n) is 5.31. The Morgan fingerprint density at radius 3 is 2.79 bits per heavy atom. The highest BCUT2D eigenvalue weighted by molar-refractivity contribution is 8.00. The van der Waals surface area contributed by atoms with Gasteiger partial charge in [0.2, 0.25) is 0 Å². The monoisotopic (exact) mass is 403 g/mol. The zero-order valence-corrected chi connectivity index (χ0v) is 16.9. The number of ether oxygens (including phenoxy) is 1. The van der Waals surface area contributed by atoms with E-state index in [1.165, 1.54) is 16.4 Å². The van der Waals surface area contributed by atoms with Gasteiger partial charge in [0.1, 0.15) is 16.8 Å². The highest BCUT2D eigenvalue weighted by Crippen LogP contribution is 2.41. The summed E-state index contributed by atoms with van der Waals surface area (Å²) in [5, 5.41) is 13.8. The van der Waals surface area contributed by atoms with Crippen molar-refractivity contribution in [3.63, 3.8) is 0 Å². The van der Waals surface area contributed by atoms with Gasteiger partial charge >= 0.3 is 0 Å². The van der Waals surface area contributed by atoms with Crippen molar-refractivity contribution >= 4 is 17.7 Å². The molecule has 8 nitrogen and oxygen atoms in total. The van der Waals surface area contributed by atoms with Crippen molar-refractivity contribution in [2.75, 3.05) is 46.4 Å². The zero-order valence-electron chi connectivity index (χ0n) is 16.1. The van der Waals surface area contributed by atoms with Crippen LogP contribution in [0.25, 0.3) is 0 Å². The van der Waals surface area contributed by atoms with Crippen molar-refractivity contribution in [2.45, 2.75) is 23.4 Å². The molecular formula is C19H25N5O3S. The molecule has 0 amide bonds. The van der Waals surface area contributed by atoms with Crippen molar-refractivity contribution in [3.05, 3.63) is 35.7 Å². The summed E-state index contributed by atoms with van der Waals surface area (Å²) in [7, 11) is 1.65. The SMILES string of the molecule is COc1cccc(C(C2Sc3nc(C)nn3C2=O)N2CCN(CCO)CC2)c1. The Bertz CT molecular complexity index is 850. The van der Waals surface area contributed by atoms with Crippen LogP contribution >= 0.6 is 11.8 Å². The Kier molecular flexibility index (Phi) is 5.68. The molecule has 0 saturated carbocycles. The van der Waals surface area contributed by atoms with Crippen molar-refractivity contribution in [3.8, 4) is 5.75 Å². The van der Waals surface area contributed by atoms with E-state index in [0.29, 0.717) is 17.5 Å². The number of carbonyl (C=O) groups is 1. The van der Waals surface area contributed by atoms with E-state index in [1.807, 2.05) is 18.2 Å². The van der Waals surface area contributed by atoms with Crippen LogP contribution in [0.1, 0.15) is 22.2 Å². The third-order valence-corrected chi connectivity index (χ3v) is 6.49. The Morgan fingerprint density at radius 2 is 2.11 bits per heavy atom. The highest BCUT2D eigenvalue weighted by atomic mass is 32.2. The van der Waals surface area contributed by atoms with Gasteiger partial charge in [0.05, 0.1) is 19.8 Å². The van der Waals surface area contributed by atoms with Gasteiger partial charge in [0.25, 0.3) is 5.91 Å². The van der Waals surface area contributed by atoms with E-state index in [-0.39, 0.29) is 23.8 Å². The number of rotatable bonds is 6. The molecule has 1 fully saturated rings. The Morgan fingerprint density at radius 1 is 1.32 bits per heavy atom. The predicted octanol–water partition coefficient (Wildman–Crippen LogP) is 1.06. The van der Waals surface area contributed by atoms with Crippen molar-refractivity contribution < 1.29 is 14.6 Å². The Labute approximate surface area is 168 Å². The molecule has 0 spiro atoms. The molecule has 3 heterocycles. The molecule has 2 atom stereocenters. The summed E-state index contributed by atoms with van der Waals surface area (Å²) >= 11 is 1.49. The minimum Gasteiger partial charge on any atom is -0.497 e. The number of benzene rings is 1. The van der Waals surface area contributed by atoms with Gasteiger partial charge < -0.3 is 9.84 Å². The van der Waals surface area contributed by atoms with E-state index < -0.39 is 0 Å². The molecule has 2 aromatic rings. The average molecular weight is 404 g/mol. The highest BCUT2D eigenvalue weighted by Gasteiger charge is 2.43. The van der Waals surface area contributed by atoms with Crippen molar-refractivity contribution in [1.82, 2.24) is 24.6 Å². The first-order valence-electron chi connectivity index (χ1n) is 9.46. The van der Waals surface area contributed by atoms with Crippen LogP contribution in [0.4, 0.5) is 0 Å². The summed E-state index contributed by atoms with van der Waals surface area (Å²) in [6.45, 7) is 6.06. The first-order chi connectivity index (χ1) is 13.6. The van der Waals surface area contributed by atoms with E-state index in [2.05, 4.69) is 25.9 Å². The van der Waals surface area contributed by atoms with E-state index >= 15 is 0 Å². The van der Waals surface area contributed by atoms with Crippen LogP contribution in [0.3, 0.4) is 0 Å².